The Bertz CT molecular complexity index is 550. The van der Waals surface area contributed by atoms with E-state index in [9.17, 15) is 10.1 Å². The van der Waals surface area contributed by atoms with Crippen LogP contribution in [0.2, 0.25) is 0 Å². The predicted octanol–water partition coefficient (Wildman–Crippen LogP) is 4.36. The summed E-state index contributed by atoms with van der Waals surface area (Å²) in [5.41, 5.74) is 1.06. The first-order valence-corrected chi connectivity index (χ1v) is 6.26. The Morgan fingerprint density at radius 2 is 1.67 bits per heavy atom. The minimum Gasteiger partial charge on any atom is -0.258 e. The standard InChI is InChI=1S/C14H11NO2S/c16-15(17)13-8-6-12(7-9-13)10-11-18-14-4-2-1-3-5-14/h1-11H/b11-10+. The zero-order valence-corrected chi connectivity index (χ0v) is 10.3. The lowest BCUT2D eigenvalue weighted by Crippen LogP contribution is -1.86. The molecule has 3 nitrogen and oxygen atoms in total. The summed E-state index contributed by atoms with van der Waals surface area (Å²) in [4.78, 5) is 11.3. The number of nitro benzene ring substituents is 1. The van der Waals surface area contributed by atoms with Gasteiger partial charge in [-0.15, -0.1) is 0 Å². The fourth-order valence-corrected chi connectivity index (χ4v) is 2.09. The lowest BCUT2D eigenvalue weighted by Gasteiger charge is -1.95. The predicted molar refractivity (Wildman–Crippen MR) is 74.4 cm³/mol. The van der Waals surface area contributed by atoms with Crippen LogP contribution in [0.25, 0.3) is 6.08 Å². The van der Waals surface area contributed by atoms with Gasteiger partial charge in [0.15, 0.2) is 0 Å². The van der Waals surface area contributed by atoms with E-state index in [0.29, 0.717) is 0 Å². The van der Waals surface area contributed by atoms with Gasteiger partial charge in [-0.3, -0.25) is 10.1 Å². The topological polar surface area (TPSA) is 43.1 Å². The van der Waals surface area contributed by atoms with Crippen LogP contribution in [0.1, 0.15) is 5.56 Å². The first kappa shape index (κ1) is 12.4. The molecular formula is C14H11NO2S. The van der Waals surface area contributed by atoms with Gasteiger partial charge in [-0.2, -0.15) is 0 Å². The highest BCUT2D eigenvalue weighted by Gasteiger charge is 2.01. The Balaban J connectivity index is 1.99. The molecule has 2 aromatic rings. The quantitative estimate of drug-likeness (QED) is 0.464. The van der Waals surface area contributed by atoms with Crippen LogP contribution in [-0.4, -0.2) is 4.92 Å². The van der Waals surface area contributed by atoms with E-state index in [1.165, 1.54) is 12.1 Å². The molecule has 90 valence electrons. The van der Waals surface area contributed by atoms with Crippen LogP contribution in [0.5, 0.6) is 0 Å². The van der Waals surface area contributed by atoms with Crippen molar-refractivity contribution >= 4 is 23.5 Å². The lowest BCUT2D eigenvalue weighted by atomic mass is 10.2. The molecule has 2 rings (SSSR count). The molecular weight excluding hydrogens is 246 g/mol. The molecule has 0 spiro atoms. The highest BCUT2D eigenvalue weighted by molar-refractivity contribution is 8.02. The van der Waals surface area contributed by atoms with E-state index >= 15 is 0 Å². The van der Waals surface area contributed by atoms with Gasteiger partial charge in [-0.1, -0.05) is 30.0 Å². The van der Waals surface area contributed by atoms with Gasteiger partial charge >= 0.3 is 0 Å². The Kier molecular flexibility index (Phi) is 4.15. The third-order valence-electron chi connectivity index (χ3n) is 2.31. The van der Waals surface area contributed by atoms with E-state index < -0.39 is 4.92 Å². The minimum atomic E-state index is -0.397. The number of hydrogen-bond acceptors (Lipinski definition) is 3. The van der Waals surface area contributed by atoms with E-state index in [0.717, 1.165) is 10.5 Å². The highest BCUT2D eigenvalue weighted by atomic mass is 32.2. The average Bonchev–Trinajstić information content (AvgIpc) is 2.40. The van der Waals surface area contributed by atoms with Crippen LogP contribution >= 0.6 is 11.8 Å². The summed E-state index contributed by atoms with van der Waals surface area (Å²) in [7, 11) is 0. The molecule has 0 aliphatic heterocycles. The smallest absolute Gasteiger partial charge is 0.258 e. The minimum absolute atomic E-state index is 0.114. The van der Waals surface area contributed by atoms with Crippen molar-refractivity contribution in [2.75, 3.05) is 0 Å². The van der Waals surface area contributed by atoms with Gasteiger partial charge in [0.1, 0.15) is 0 Å². The number of benzene rings is 2. The van der Waals surface area contributed by atoms with Crippen LogP contribution < -0.4 is 0 Å². The third-order valence-corrected chi connectivity index (χ3v) is 3.13. The second-order valence-electron chi connectivity index (χ2n) is 3.58. The van der Waals surface area contributed by atoms with Crippen molar-refractivity contribution in [2.24, 2.45) is 0 Å². The molecule has 0 aliphatic carbocycles. The van der Waals surface area contributed by atoms with Crippen LogP contribution in [0.3, 0.4) is 0 Å². The fraction of sp³-hybridized carbons (Fsp3) is 0. The number of non-ortho nitro benzene ring substituents is 1. The summed E-state index contributed by atoms with van der Waals surface area (Å²) in [6.45, 7) is 0. The summed E-state index contributed by atoms with van der Waals surface area (Å²) in [6, 6.07) is 16.5. The number of thioether (sulfide) groups is 1. The third kappa shape index (κ3) is 3.46. The SMILES string of the molecule is O=[N+]([O-])c1ccc(/C=C/Sc2ccccc2)cc1. The van der Waals surface area contributed by atoms with Crippen molar-refractivity contribution in [1.82, 2.24) is 0 Å². The zero-order chi connectivity index (χ0) is 12.8. The van der Waals surface area contributed by atoms with Crippen molar-refractivity contribution < 1.29 is 4.92 Å². The van der Waals surface area contributed by atoms with Gasteiger partial charge < -0.3 is 0 Å². The maximum absolute atomic E-state index is 10.5. The lowest BCUT2D eigenvalue weighted by molar-refractivity contribution is -0.384. The molecule has 0 aliphatic rings. The van der Waals surface area contributed by atoms with Gasteiger partial charge in [0, 0.05) is 17.0 Å². The molecule has 0 saturated carbocycles. The highest BCUT2D eigenvalue weighted by Crippen LogP contribution is 2.20. The number of hydrogen-bond donors (Lipinski definition) is 0. The van der Waals surface area contributed by atoms with Gasteiger partial charge in [-0.05, 0) is 41.3 Å². The first-order valence-electron chi connectivity index (χ1n) is 5.38. The molecule has 0 atom stereocenters. The van der Waals surface area contributed by atoms with Crippen LogP contribution in [-0.2, 0) is 0 Å². The van der Waals surface area contributed by atoms with E-state index in [-0.39, 0.29) is 5.69 Å². The molecule has 0 saturated heterocycles. The van der Waals surface area contributed by atoms with Gasteiger partial charge in [-0.25, -0.2) is 0 Å². The molecule has 0 N–H and O–H groups in total. The second kappa shape index (κ2) is 6.02. The van der Waals surface area contributed by atoms with Crippen molar-refractivity contribution in [3.8, 4) is 0 Å². The average molecular weight is 257 g/mol. The number of rotatable bonds is 4. The zero-order valence-electron chi connectivity index (χ0n) is 9.52. The maximum Gasteiger partial charge on any atom is 0.269 e. The summed E-state index contributed by atoms with van der Waals surface area (Å²) < 4.78 is 0. The largest absolute Gasteiger partial charge is 0.269 e. The monoisotopic (exact) mass is 257 g/mol. The van der Waals surface area contributed by atoms with Gasteiger partial charge in [0.2, 0.25) is 0 Å². The second-order valence-corrected chi connectivity index (χ2v) is 4.56. The normalized spacial score (nSPS) is 10.7. The molecule has 0 aromatic heterocycles. The molecule has 4 heteroatoms. The first-order chi connectivity index (χ1) is 8.75. The Morgan fingerprint density at radius 1 is 1.00 bits per heavy atom. The van der Waals surface area contributed by atoms with Crippen molar-refractivity contribution in [1.29, 1.82) is 0 Å². The molecule has 0 radical (unpaired) electrons. The van der Waals surface area contributed by atoms with Crippen molar-refractivity contribution in [2.45, 2.75) is 4.90 Å². The molecule has 0 fully saturated rings. The molecule has 0 heterocycles. The Morgan fingerprint density at radius 3 is 2.28 bits per heavy atom. The number of nitrogens with zero attached hydrogens (tertiary/aromatic N) is 1. The van der Waals surface area contributed by atoms with E-state index in [2.05, 4.69) is 0 Å². The van der Waals surface area contributed by atoms with Crippen molar-refractivity contribution in [3.05, 3.63) is 75.7 Å². The summed E-state index contributed by atoms with van der Waals surface area (Å²) in [5.74, 6) is 0. The van der Waals surface area contributed by atoms with E-state index in [1.807, 2.05) is 41.8 Å². The molecule has 18 heavy (non-hydrogen) atoms. The summed E-state index contributed by atoms with van der Waals surface area (Å²) in [5, 5.41) is 12.5. The molecule has 0 bridgehead atoms. The number of nitro groups is 1. The molecule has 2 aromatic carbocycles. The van der Waals surface area contributed by atoms with Crippen LogP contribution in [0, 0.1) is 10.1 Å². The fourth-order valence-electron chi connectivity index (χ4n) is 1.40. The Labute approximate surface area is 109 Å². The van der Waals surface area contributed by atoms with Crippen LogP contribution in [0.4, 0.5) is 5.69 Å². The van der Waals surface area contributed by atoms with Crippen LogP contribution in [0.15, 0.2) is 64.9 Å². The van der Waals surface area contributed by atoms with Crippen molar-refractivity contribution in [3.63, 3.8) is 0 Å². The molecule has 0 amide bonds. The van der Waals surface area contributed by atoms with E-state index in [4.69, 9.17) is 0 Å². The van der Waals surface area contributed by atoms with Gasteiger partial charge in [0.25, 0.3) is 5.69 Å². The summed E-state index contributed by atoms with van der Waals surface area (Å²) in [6.07, 6.45) is 1.93. The maximum atomic E-state index is 10.5. The molecule has 0 unspecified atom stereocenters. The van der Waals surface area contributed by atoms with E-state index in [1.54, 1.807) is 23.9 Å². The van der Waals surface area contributed by atoms with Gasteiger partial charge in [0.05, 0.1) is 4.92 Å². The Hall–Kier alpha value is -2.07. The summed E-state index contributed by atoms with van der Waals surface area (Å²) >= 11 is 1.61.